The maximum Gasteiger partial charge on any atom is 0.311 e. The topological polar surface area (TPSA) is 91.3 Å². The molecule has 8 heteroatoms. The predicted molar refractivity (Wildman–Crippen MR) is 124 cm³/mol. The molecule has 1 aromatic carbocycles. The van der Waals surface area contributed by atoms with Crippen LogP contribution < -0.4 is 4.90 Å². The largest absolute Gasteiger partial charge is 0.481 e. The van der Waals surface area contributed by atoms with Gasteiger partial charge in [-0.15, -0.1) is 0 Å². The number of carboxylic acid groups (broad SMARTS) is 1. The van der Waals surface area contributed by atoms with Crippen LogP contribution in [0.5, 0.6) is 0 Å². The third kappa shape index (κ3) is 4.19. The highest BCUT2D eigenvalue weighted by molar-refractivity contribution is 6.31. The first-order valence-electron chi connectivity index (χ1n) is 11.2. The van der Waals surface area contributed by atoms with Gasteiger partial charge in [0.25, 0.3) is 0 Å². The van der Waals surface area contributed by atoms with Crippen LogP contribution >= 0.6 is 11.6 Å². The number of imidazole rings is 1. The fourth-order valence-electron chi connectivity index (χ4n) is 4.60. The van der Waals surface area contributed by atoms with E-state index in [-0.39, 0.29) is 0 Å². The molecule has 1 aliphatic carbocycles. The number of piperidine rings is 1. The zero-order valence-corrected chi connectivity index (χ0v) is 18.6. The second-order valence-electron chi connectivity index (χ2n) is 9.04. The number of aromatic amines is 1. The Morgan fingerprint density at radius 3 is 2.72 bits per heavy atom. The van der Waals surface area contributed by atoms with Gasteiger partial charge in [0.15, 0.2) is 0 Å². The molecule has 3 aromatic rings. The second-order valence-corrected chi connectivity index (χ2v) is 9.47. The third-order valence-corrected chi connectivity index (χ3v) is 7.14. The zero-order valence-electron chi connectivity index (χ0n) is 17.9. The quantitative estimate of drug-likeness (QED) is 0.534. The van der Waals surface area contributed by atoms with Crippen LogP contribution in [-0.4, -0.2) is 52.3 Å². The number of nitrogens with one attached hydrogen (secondary N) is 1. The summed E-state index contributed by atoms with van der Waals surface area (Å²) in [6.45, 7) is 2.84. The number of fused-ring (bicyclic) bond motifs is 1. The van der Waals surface area contributed by atoms with E-state index in [2.05, 4.69) is 19.9 Å². The Hall–Kier alpha value is -2.64. The van der Waals surface area contributed by atoms with Gasteiger partial charge in [-0.25, -0.2) is 9.97 Å². The van der Waals surface area contributed by atoms with E-state index in [1.165, 1.54) is 0 Å². The molecule has 0 atom stereocenters. The van der Waals surface area contributed by atoms with E-state index in [4.69, 9.17) is 16.3 Å². The molecule has 3 heterocycles. The van der Waals surface area contributed by atoms with Crippen molar-refractivity contribution in [3.63, 3.8) is 0 Å². The Kier molecular flexibility index (Phi) is 5.78. The van der Waals surface area contributed by atoms with E-state index in [9.17, 15) is 9.90 Å². The van der Waals surface area contributed by atoms with Gasteiger partial charge in [0.1, 0.15) is 11.6 Å². The number of aliphatic carboxylic acids is 1. The van der Waals surface area contributed by atoms with Crippen molar-refractivity contribution in [1.82, 2.24) is 15.0 Å². The summed E-state index contributed by atoms with van der Waals surface area (Å²) in [7, 11) is 0. The summed E-state index contributed by atoms with van der Waals surface area (Å²) in [5, 5.41) is 10.1. The average Bonchev–Trinajstić information content (AvgIpc) is 3.19. The van der Waals surface area contributed by atoms with Gasteiger partial charge in [0.2, 0.25) is 0 Å². The third-order valence-electron chi connectivity index (χ3n) is 6.90. The van der Waals surface area contributed by atoms with Crippen LogP contribution in [0.4, 0.5) is 5.82 Å². The van der Waals surface area contributed by atoms with Gasteiger partial charge in [-0.2, -0.15) is 0 Å². The maximum absolute atomic E-state index is 11.5. The van der Waals surface area contributed by atoms with Crippen LogP contribution in [0.15, 0.2) is 36.5 Å². The molecule has 32 heavy (non-hydrogen) atoms. The first-order chi connectivity index (χ1) is 15.5. The van der Waals surface area contributed by atoms with Crippen molar-refractivity contribution in [2.75, 3.05) is 31.2 Å². The lowest BCUT2D eigenvalue weighted by Gasteiger charge is -2.38. The van der Waals surface area contributed by atoms with Gasteiger partial charge >= 0.3 is 5.97 Å². The smallest absolute Gasteiger partial charge is 0.311 e. The lowest BCUT2D eigenvalue weighted by molar-refractivity contribution is -0.160. The molecule has 1 aliphatic heterocycles. The minimum Gasteiger partial charge on any atom is -0.481 e. The lowest BCUT2D eigenvalue weighted by atomic mass is 9.69. The Bertz CT molecular complexity index is 1100. The van der Waals surface area contributed by atoms with Gasteiger partial charge in [-0.05, 0) is 61.9 Å². The minimum absolute atomic E-state index is 0.347. The monoisotopic (exact) mass is 454 g/mol. The first-order valence-corrected chi connectivity index (χ1v) is 11.6. The van der Waals surface area contributed by atoms with Crippen molar-refractivity contribution < 1.29 is 14.6 Å². The summed E-state index contributed by atoms with van der Waals surface area (Å²) < 4.78 is 5.85. The molecule has 2 aromatic heterocycles. The number of halogens is 1. The SMILES string of the molecule is O=C(O)C1(COCC2CCN(c3ccc(-c4nc5ccc(Cl)cc5[nH]4)cn3)CC2)CCC1. The minimum atomic E-state index is -0.709. The van der Waals surface area contributed by atoms with E-state index in [0.717, 1.165) is 73.4 Å². The van der Waals surface area contributed by atoms with Gasteiger partial charge in [0, 0.05) is 36.5 Å². The van der Waals surface area contributed by atoms with Crippen molar-refractivity contribution in [1.29, 1.82) is 0 Å². The lowest BCUT2D eigenvalue weighted by Crippen LogP contribution is -2.43. The van der Waals surface area contributed by atoms with Gasteiger partial charge < -0.3 is 19.7 Å². The van der Waals surface area contributed by atoms with Crippen LogP contribution in [-0.2, 0) is 9.53 Å². The van der Waals surface area contributed by atoms with E-state index < -0.39 is 11.4 Å². The summed E-state index contributed by atoms with van der Waals surface area (Å²) in [4.78, 5) is 26.3. The summed E-state index contributed by atoms with van der Waals surface area (Å²) in [5.74, 6) is 1.51. The Balaban J connectivity index is 1.14. The number of nitrogens with zero attached hydrogens (tertiary/aromatic N) is 3. The number of hydrogen-bond donors (Lipinski definition) is 2. The van der Waals surface area contributed by atoms with Crippen LogP contribution in [0, 0.1) is 11.3 Å². The van der Waals surface area contributed by atoms with Crippen molar-refractivity contribution in [3.05, 3.63) is 41.6 Å². The number of anilines is 1. The Morgan fingerprint density at radius 1 is 1.25 bits per heavy atom. The van der Waals surface area contributed by atoms with Gasteiger partial charge in [0.05, 0.1) is 23.1 Å². The average molecular weight is 455 g/mol. The number of aromatic nitrogens is 3. The highest BCUT2D eigenvalue weighted by Gasteiger charge is 2.44. The van der Waals surface area contributed by atoms with Crippen LogP contribution in [0.2, 0.25) is 5.02 Å². The molecule has 7 nitrogen and oxygen atoms in total. The van der Waals surface area contributed by atoms with Gasteiger partial charge in [-0.1, -0.05) is 18.0 Å². The fourth-order valence-corrected chi connectivity index (χ4v) is 4.78. The van der Waals surface area contributed by atoms with Gasteiger partial charge in [-0.3, -0.25) is 4.79 Å². The first kappa shape index (κ1) is 21.2. The molecule has 168 valence electrons. The molecule has 2 aliphatic rings. The molecular formula is C24H27ClN4O3. The van der Waals surface area contributed by atoms with E-state index in [0.29, 0.717) is 24.2 Å². The second kappa shape index (κ2) is 8.71. The number of carbonyl (C=O) groups is 1. The summed E-state index contributed by atoms with van der Waals surface area (Å²) >= 11 is 6.06. The number of pyridine rings is 1. The molecule has 0 bridgehead atoms. The van der Waals surface area contributed by atoms with Crippen molar-refractivity contribution in [2.45, 2.75) is 32.1 Å². The number of H-pyrrole nitrogens is 1. The normalized spacial score (nSPS) is 18.6. The summed E-state index contributed by atoms with van der Waals surface area (Å²) in [6.07, 6.45) is 6.37. The van der Waals surface area contributed by atoms with E-state index >= 15 is 0 Å². The molecular weight excluding hydrogens is 428 g/mol. The van der Waals surface area contributed by atoms with Crippen molar-refractivity contribution in [3.8, 4) is 11.4 Å². The fraction of sp³-hybridized carbons (Fsp3) is 0.458. The van der Waals surface area contributed by atoms with Crippen LogP contribution in [0.3, 0.4) is 0 Å². The molecule has 5 rings (SSSR count). The maximum atomic E-state index is 11.5. The van der Waals surface area contributed by atoms with Crippen LogP contribution in [0.1, 0.15) is 32.1 Å². The Morgan fingerprint density at radius 2 is 2.06 bits per heavy atom. The number of rotatable bonds is 7. The predicted octanol–water partition coefficient (Wildman–Crippen LogP) is 4.77. The van der Waals surface area contributed by atoms with E-state index in [1.54, 1.807) is 0 Å². The molecule has 2 fully saturated rings. The highest BCUT2D eigenvalue weighted by atomic mass is 35.5. The highest BCUT2D eigenvalue weighted by Crippen LogP contribution is 2.41. The molecule has 0 radical (unpaired) electrons. The number of hydrogen-bond acceptors (Lipinski definition) is 5. The molecule has 0 spiro atoms. The molecule has 1 saturated carbocycles. The van der Waals surface area contributed by atoms with Crippen molar-refractivity contribution >= 4 is 34.4 Å². The number of carboxylic acids is 1. The molecule has 0 amide bonds. The molecule has 0 unspecified atom stereocenters. The zero-order chi connectivity index (χ0) is 22.1. The summed E-state index contributed by atoms with van der Waals surface area (Å²) in [5.41, 5.74) is 2.10. The Labute approximate surface area is 191 Å². The number of benzene rings is 1. The van der Waals surface area contributed by atoms with E-state index in [1.807, 2.05) is 36.5 Å². The van der Waals surface area contributed by atoms with Crippen LogP contribution in [0.25, 0.3) is 22.4 Å². The number of ether oxygens (including phenoxy) is 1. The molecule has 1 saturated heterocycles. The standard InChI is InChI=1S/C24H27ClN4O3/c25-18-3-4-19-20(12-18)28-22(27-19)17-2-5-21(26-13-17)29-10-6-16(7-11-29)14-32-15-24(23(30)31)8-1-9-24/h2-5,12-13,16H,1,6-11,14-15H2,(H,27,28)(H,30,31). The van der Waals surface area contributed by atoms with Crippen molar-refractivity contribution in [2.24, 2.45) is 11.3 Å². The molecule has 2 N–H and O–H groups in total. The summed E-state index contributed by atoms with van der Waals surface area (Å²) in [6, 6.07) is 9.69.